The van der Waals surface area contributed by atoms with Crippen LogP contribution < -0.4 is 25.5 Å². The summed E-state index contributed by atoms with van der Waals surface area (Å²) >= 11 is 1.11. The summed E-state index contributed by atoms with van der Waals surface area (Å²) < 4.78 is 160. The summed E-state index contributed by atoms with van der Waals surface area (Å²) in [6.07, 6.45) is 2.82. The first-order chi connectivity index (χ1) is 37.5. The van der Waals surface area contributed by atoms with E-state index < -0.39 is 69.4 Å². The topological polar surface area (TPSA) is 19.4 Å². The molecule has 0 unspecified atom stereocenters. The molecule has 0 saturated heterocycles. The molecule has 0 saturated carbocycles. The number of rotatable bonds is 3. The van der Waals surface area contributed by atoms with Crippen molar-refractivity contribution >= 4 is 78.1 Å². The van der Waals surface area contributed by atoms with E-state index in [1.807, 2.05) is 69.2 Å². The third-order valence-corrected chi connectivity index (χ3v) is 14.8. The van der Waals surface area contributed by atoms with Crippen LogP contribution in [-0.4, -0.2) is 11.7 Å². The predicted octanol–water partition coefficient (Wildman–Crippen LogP) is 15.6. The van der Waals surface area contributed by atoms with Crippen molar-refractivity contribution in [3.05, 3.63) is 142 Å². The van der Waals surface area contributed by atoms with Crippen molar-refractivity contribution in [2.75, 3.05) is 9.80 Å². The molecule has 338 valence electrons. The number of aromatic nitrogens is 1. The molecule has 0 atom stereocenters. The first kappa shape index (κ1) is 29.6. The Bertz CT molecular complexity index is 3990. The van der Waals surface area contributed by atoms with Gasteiger partial charge in [-0.15, -0.1) is 11.3 Å². The second-order valence-corrected chi connectivity index (χ2v) is 25.0. The molecule has 0 bridgehead atoms. The Morgan fingerprint density at radius 2 is 1.14 bits per heavy atom. The molecule has 1 aliphatic carbocycles. The molecular formula is C61H70BN3S. The van der Waals surface area contributed by atoms with Gasteiger partial charge >= 0.3 is 0 Å². The Hall–Kier alpha value is -5.13. The standard InChI is InChI=1S/C61H70BN3S/c1-56(2,3)38-19-17-37(18-20-38)43-33-39(57(4,5)6)21-26-48(43)65-49-27-22-41(59(10,11)12)35-47(49)62-52-50(29-32-63-55(52)65)64(42-24-25-45-46(36-42)61(15,16)31-30-60(45,13)14)53-44-34-40(58(7,8)9)23-28-51(44)66-54(53)62/h17-29,32-36H,30-31H2,1-16H3/i17D,18D,19D,20D,21D,22D,23D,24D,25D,26D,27D,28D,33D,34D,35D,36D. The number of nitrogens with zero attached hydrogens (tertiary/aromatic N) is 3. The van der Waals surface area contributed by atoms with Crippen molar-refractivity contribution in [2.24, 2.45) is 0 Å². The van der Waals surface area contributed by atoms with E-state index in [-0.39, 0.29) is 155 Å². The number of fused-ring (bicyclic) bond motifs is 7. The van der Waals surface area contributed by atoms with Crippen molar-refractivity contribution < 1.29 is 21.9 Å². The summed E-state index contributed by atoms with van der Waals surface area (Å²) in [5, 5.41) is 0.251. The number of hydrogen-bond donors (Lipinski definition) is 0. The summed E-state index contributed by atoms with van der Waals surface area (Å²) in [4.78, 5) is 8.16. The quantitative estimate of drug-likeness (QED) is 0.165. The van der Waals surface area contributed by atoms with E-state index in [0.717, 1.165) is 11.3 Å². The molecule has 0 amide bonds. The molecule has 5 heteroatoms. The van der Waals surface area contributed by atoms with Gasteiger partial charge in [0.05, 0.1) is 33.3 Å². The Labute approximate surface area is 423 Å². The van der Waals surface area contributed by atoms with Gasteiger partial charge in [-0.3, -0.25) is 4.90 Å². The third kappa shape index (κ3) is 7.17. The fourth-order valence-electron chi connectivity index (χ4n) is 9.41. The Morgan fingerprint density at radius 1 is 0.576 bits per heavy atom. The molecule has 0 N–H and O–H groups in total. The van der Waals surface area contributed by atoms with E-state index in [2.05, 4.69) is 0 Å². The van der Waals surface area contributed by atoms with Gasteiger partial charge in [-0.25, -0.2) is 4.98 Å². The van der Waals surface area contributed by atoms with Crippen LogP contribution in [0.4, 0.5) is 34.3 Å². The lowest BCUT2D eigenvalue weighted by Gasteiger charge is -2.44. The molecule has 3 aliphatic rings. The maximum Gasteiger partial charge on any atom is 0.266 e. The van der Waals surface area contributed by atoms with E-state index in [9.17, 15) is 21.9 Å². The Kier molecular flexibility index (Phi) is 6.59. The van der Waals surface area contributed by atoms with Crippen LogP contribution in [0.2, 0.25) is 0 Å². The molecule has 3 nitrogen and oxygen atoms in total. The monoisotopic (exact) mass is 904 g/mol. The number of pyridine rings is 1. The Morgan fingerprint density at radius 3 is 1.77 bits per heavy atom. The smallest absolute Gasteiger partial charge is 0.266 e. The molecule has 0 radical (unpaired) electrons. The molecule has 7 aromatic rings. The van der Waals surface area contributed by atoms with E-state index in [1.54, 1.807) is 52.5 Å². The average molecular weight is 904 g/mol. The molecule has 10 rings (SSSR count). The zero-order chi connectivity index (χ0) is 61.2. The number of thiophene rings is 1. The molecule has 66 heavy (non-hydrogen) atoms. The molecule has 2 aliphatic heterocycles. The van der Waals surface area contributed by atoms with Gasteiger partial charge in [0.25, 0.3) is 6.71 Å². The van der Waals surface area contributed by atoms with Gasteiger partial charge in [-0.2, -0.15) is 0 Å². The predicted molar refractivity (Wildman–Crippen MR) is 289 cm³/mol. The van der Waals surface area contributed by atoms with E-state index in [1.165, 1.54) is 11.1 Å². The first-order valence-corrected chi connectivity index (χ1v) is 24.0. The molecule has 4 heterocycles. The lowest BCUT2D eigenvalue weighted by molar-refractivity contribution is 0.332. The van der Waals surface area contributed by atoms with Crippen molar-refractivity contribution in [3.63, 3.8) is 0 Å². The minimum atomic E-state index is -1.15. The minimum Gasteiger partial charge on any atom is -0.310 e. The van der Waals surface area contributed by atoms with E-state index in [4.69, 9.17) is 4.98 Å². The maximum absolute atomic E-state index is 10.5. The second-order valence-electron chi connectivity index (χ2n) is 23.9. The lowest BCUT2D eigenvalue weighted by Crippen LogP contribution is -2.61. The van der Waals surface area contributed by atoms with E-state index in [0.29, 0.717) is 28.7 Å². The molecule has 5 aromatic carbocycles. The highest BCUT2D eigenvalue weighted by molar-refractivity contribution is 7.33. The number of anilines is 6. The third-order valence-electron chi connectivity index (χ3n) is 13.6. The number of benzene rings is 5. The van der Waals surface area contributed by atoms with Crippen LogP contribution in [0.25, 0.3) is 21.2 Å². The van der Waals surface area contributed by atoms with Gasteiger partial charge in [0, 0.05) is 43.7 Å². The second kappa shape index (κ2) is 14.7. The average Bonchev–Trinajstić information content (AvgIpc) is 1.19. The van der Waals surface area contributed by atoms with Gasteiger partial charge in [0.1, 0.15) is 5.82 Å². The van der Waals surface area contributed by atoms with E-state index >= 15 is 0 Å². The minimum absolute atomic E-state index is 0.00268. The van der Waals surface area contributed by atoms with Crippen LogP contribution in [0.1, 0.15) is 179 Å². The SMILES string of the molecule is [2H]c1c([2H])c(C(C)(C)C)c([2H])c([2H])c1-c1c([2H])c(C(C)(C)C)c([2H])c([2H])c1N1c2nccc3c2B(c2sc4c([2H])c([2H])c(C(C)(C)C)c([2H])c4c2N3c2c([2H])c([2H])c3c(c2[2H])C(C)(C)CCC3(C)C)c2c([2H])c(C(C)(C)C)c([2H])c([2H])c21. The zero-order valence-corrected chi connectivity index (χ0v) is 42.2. The van der Waals surface area contributed by atoms with Gasteiger partial charge in [0.2, 0.25) is 0 Å². The van der Waals surface area contributed by atoms with Crippen LogP contribution in [0.3, 0.4) is 0 Å². The van der Waals surface area contributed by atoms with Crippen LogP contribution in [0.15, 0.2) is 109 Å². The molecule has 0 fully saturated rings. The number of hydrogen-bond acceptors (Lipinski definition) is 4. The van der Waals surface area contributed by atoms with Crippen LogP contribution >= 0.6 is 11.3 Å². The molecule has 2 aromatic heterocycles. The molecule has 0 spiro atoms. The molecular weight excluding hydrogens is 818 g/mol. The van der Waals surface area contributed by atoms with Gasteiger partial charge in [-0.1, -0.05) is 165 Å². The lowest BCUT2D eigenvalue weighted by atomic mass is 9.36. The first-order valence-electron chi connectivity index (χ1n) is 31.2. The summed E-state index contributed by atoms with van der Waals surface area (Å²) in [7, 11) is 0. The van der Waals surface area contributed by atoms with Gasteiger partial charge < -0.3 is 4.90 Å². The van der Waals surface area contributed by atoms with Gasteiger partial charge in [-0.05, 0) is 144 Å². The summed E-state index contributed by atoms with van der Waals surface area (Å²) in [6, 6.07) is -3.09. The van der Waals surface area contributed by atoms with Crippen molar-refractivity contribution in [1.82, 2.24) is 4.98 Å². The fraction of sp³-hybridized carbons (Fsp3) is 0.393. The Balaban J connectivity index is 1.49. The van der Waals surface area contributed by atoms with Crippen LogP contribution in [-0.2, 0) is 32.5 Å². The van der Waals surface area contributed by atoms with Crippen LogP contribution in [0, 0.1) is 0 Å². The van der Waals surface area contributed by atoms with Crippen LogP contribution in [0.5, 0.6) is 0 Å². The van der Waals surface area contributed by atoms with Gasteiger partial charge in [0.15, 0.2) is 0 Å². The highest BCUT2D eigenvalue weighted by Gasteiger charge is 2.47. The highest BCUT2D eigenvalue weighted by Crippen LogP contribution is 2.52. The van der Waals surface area contributed by atoms with Crippen molar-refractivity contribution in [2.45, 2.75) is 156 Å². The van der Waals surface area contributed by atoms with Crippen molar-refractivity contribution in [3.8, 4) is 11.1 Å². The van der Waals surface area contributed by atoms with Crippen molar-refractivity contribution in [1.29, 1.82) is 0 Å². The summed E-state index contributed by atoms with van der Waals surface area (Å²) in [5.74, 6) is -0.0325. The zero-order valence-electron chi connectivity index (χ0n) is 57.4. The largest absolute Gasteiger partial charge is 0.310 e. The normalized spacial score (nSPS) is 19.9. The summed E-state index contributed by atoms with van der Waals surface area (Å²) in [5.41, 5.74) is -3.16. The summed E-state index contributed by atoms with van der Waals surface area (Å²) in [6.45, 7) is 28.7. The highest BCUT2D eigenvalue weighted by atomic mass is 32.1. The maximum atomic E-state index is 10.5. The fourth-order valence-corrected chi connectivity index (χ4v) is 10.6.